The molecule has 0 rings (SSSR count). The summed E-state index contributed by atoms with van der Waals surface area (Å²) in [6, 6.07) is 0. The van der Waals surface area contributed by atoms with Crippen molar-refractivity contribution in [2.45, 2.75) is 27.1 Å². The van der Waals surface area contributed by atoms with Gasteiger partial charge in [0.25, 0.3) is 0 Å². The van der Waals surface area contributed by atoms with E-state index in [9.17, 15) is 9.59 Å². The number of ether oxygens (including phenoxy) is 3. The summed E-state index contributed by atoms with van der Waals surface area (Å²) in [6.07, 6.45) is -0.848. The molecule has 0 aliphatic carbocycles. The molecule has 0 aliphatic rings. The van der Waals surface area contributed by atoms with Gasteiger partial charge in [-0.25, -0.2) is 0 Å². The molecule has 0 bridgehead atoms. The van der Waals surface area contributed by atoms with Gasteiger partial charge >= 0.3 is 11.9 Å². The highest BCUT2D eigenvalue weighted by molar-refractivity contribution is 5.72. The van der Waals surface area contributed by atoms with Crippen LogP contribution in [-0.2, 0) is 23.8 Å². The minimum Gasteiger partial charge on any atom is -0.426 e. The third kappa shape index (κ3) is 5.53. The third-order valence-corrected chi connectivity index (χ3v) is 1.43. The van der Waals surface area contributed by atoms with Crippen molar-refractivity contribution >= 4 is 11.9 Å². The molecule has 0 amide bonds. The standard InChI is InChI=1S/C9H16O5/c1-6(5-12-4)9(11)14-8(3)13-7(2)10/h6,8H,5H2,1-4H3. The lowest BCUT2D eigenvalue weighted by atomic mass is 10.2. The number of hydrogen-bond acceptors (Lipinski definition) is 5. The molecule has 2 unspecified atom stereocenters. The van der Waals surface area contributed by atoms with Crippen LogP contribution in [0.5, 0.6) is 0 Å². The fraction of sp³-hybridized carbons (Fsp3) is 0.778. The second-order valence-electron chi connectivity index (χ2n) is 2.97. The van der Waals surface area contributed by atoms with Crippen molar-refractivity contribution < 1.29 is 23.8 Å². The van der Waals surface area contributed by atoms with Gasteiger partial charge in [0.05, 0.1) is 12.5 Å². The van der Waals surface area contributed by atoms with Gasteiger partial charge in [-0.3, -0.25) is 9.59 Å². The first-order chi connectivity index (χ1) is 6.47. The van der Waals surface area contributed by atoms with E-state index in [1.54, 1.807) is 6.92 Å². The fourth-order valence-corrected chi connectivity index (χ4v) is 0.856. The molecule has 0 spiro atoms. The quantitative estimate of drug-likeness (QED) is 0.487. The molecule has 0 aromatic carbocycles. The van der Waals surface area contributed by atoms with Crippen LogP contribution in [0, 0.1) is 5.92 Å². The van der Waals surface area contributed by atoms with E-state index in [0.29, 0.717) is 0 Å². The first-order valence-electron chi connectivity index (χ1n) is 4.34. The van der Waals surface area contributed by atoms with Gasteiger partial charge < -0.3 is 14.2 Å². The van der Waals surface area contributed by atoms with Crippen molar-refractivity contribution in [3.63, 3.8) is 0 Å². The molecule has 5 heteroatoms. The van der Waals surface area contributed by atoms with E-state index in [-0.39, 0.29) is 12.5 Å². The monoisotopic (exact) mass is 204 g/mol. The van der Waals surface area contributed by atoms with Crippen LogP contribution in [-0.4, -0.2) is 31.9 Å². The molecule has 0 aromatic heterocycles. The lowest BCUT2D eigenvalue weighted by Crippen LogP contribution is -2.26. The molecule has 0 saturated heterocycles. The Balaban J connectivity index is 3.86. The summed E-state index contributed by atoms with van der Waals surface area (Å²) < 4.78 is 14.2. The Morgan fingerprint density at radius 3 is 2.21 bits per heavy atom. The van der Waals surface area contributed by atoms with Gasteiger partial charge in [-0.15, -0.1) is 0 Å². The van der Waals surface area contributed by atoms with E-state index in [1.165, 1.54) is 21.0 Å². The molecule has 82 valence electrons. The van der Waals surface area contributed by atoms with Crippen LogP contribution in [0.15, 0.2) is 0 Å². The Labute approximate surface area is 83.3 Å². The summed E-state index contributed by atoms with van der Waals surface area (Å²) in [5.41, 5.74) is 0. The molecule has 0 radical (unpaired) electrons. The lowest BCUT2D eigenvalue weighted by Gasteiger charge is -2.15. The SMILES string of the molecule is COCC(C)C(=O)OC(C)OC(C)=O. The molecule has 0 N–H and O–H groups in total. The molecule has 2 atom stereocenters. The number of methoxy groups -OCH3 is 1. The van der Waals surface area contributed by atoms with Gasteiger partial charge in [0, 0.05) is 21.0 Å². The summed E-state index contributed by atoms with van der Waals surface area (Å²) in [5, 5.41) is 0. The lowest BCUT2D eigenvalue weighted by molar-refractivity contribution is -0.186. The molecule has 14 heavy (non-hydrogen) atoms. The van der Waals surface area contributed by atoms with Crippen molar-refractivity contribution in [3.8, 4) is 0 Å². The number of hydrogen-bond donors (Lipinski definition) is 0. The first kappa shape index (κ1) is 12.9. The fourth-order valence-electron chi connectivity index (χ4n) is 0.856. The Hall–Kier alpha value is -1.10. The van der Waals surface area contributed by atoms with E-state index in [1.807, 2.05) is 0 Å². The molecule has 0 heterocycles. The minimum atomic E-state index is -0.848. The Morgan fingerprint density at radius 2 is 1.79 bits per heavy atom. The molecule has 0 fully saturated rings. The Bertz CT molecular complexity index is 201. The zero-order chi connectivity index (χ0) is 11.1. The zero-order valence-corrected chi connectivity index (χ0v) is 8.90. The highest BCUT2D eigenvalue weighted by Gasteiger charge is 2.18. The van der Waals surface area contributed by atoms with Gasteiger partial charge in [0.2, 0.25) is 6.29 Å². The van der Waals surface area contributed by atoms with E-state index >= 15 is 0 Å². The Kier molecular flexibility index (Phi) is 5.87. The average Bonchev–Trinajstić information content (AvgIpc) is 2.02. The maximum Gasteiger partial charge on any atom is 0.314 e. The number of carbonyl (C=O) groups is 2. The predicted octanol–water partition coefficient (Wildman–Crippen LogP) is 0.721. The van der Waals surface area contributed by atoms with Crippen molar-refractivity contribution in [2.24, 2.45) is 5.92 Å². The molecule has 0 aromatic rings. The summed E-state index contributed by atoms with van der Waals surface area (Å²) in [6.45, 7) is 4.69. The van der Waals surface area contributed by atoms with Crippen LogP contribution in [0.4, 0.5) is 0 Å². The van der Waals surface area contributed by atoms with Crippen LogP contribution in [0.3, 0.4) is 0 Å². The largest absolute Gasteiger partial charge is 0.426 e. The maximum atomic E-state index is 11.2. The van der Waals surface area contributed by atoms with Crippen LogP contribution in [0.2, 0.25) is 0 Å². The van der Waals surface area contributed by atoms with E-state index in [0.717, 1.165) is 0 Å². The topological polar surface area (TPSA) is 61.8 Å². The van der Waals surface area contributed by atoms with Gasteiger partial charge in [-0.05, 0) is 6.92 Å². The van der Waals surface area contributed by atoms with Crippen LogP contribution in [0.1, 0.15) is 20.8 Å². The minimum absolute atomic E-state index is 0.283. The average molecular weight is 204 g/mol. The summed E-state index contributed by atoms with van der Waals surface area (Å²) in [7, 11) is 1.50. The van der Waals surface area contributed by atoms with E-state index in [4.69, 9.17) is 9.47 Å². The van der Waals surface area contributed by atoms with Gasteiger partial charge in [0.1, 0.15) is 0 Å². The summed E-state index contributed by atoms with van der Waals surface area (Å²) >= 11 is 0. The zero-order valence-electron chi connectivity index (χ0n) is 8.90. The highest BCUT2D eigenvalue weighted by atomic mass is 16.7. The number of rotatable bonds is 5. The molecule has 0 saturated carbocycles. The van der Waals surface area contributed by atoms with Crippen LogP contribution in [0.25, 0.3) is 0 Å². The van der Waals surface area contributed by atoms with Gasteiger partial charge in [-0.1, -0.05) is 0 Å². The van der Waals surface area contributed by atoms with Crippen LogP contribution < -0.4 is 0 Å². The first-order valence-corrected chi connectivity index (χ1v) is 4.34. The van der Waals surface area contributed by atoms with Crippen molar-refractivity contribution in [1.82, 2.24) is 0 Å². The van der Waals surface area contributed by atoms with E-state index < -0.39 is 18.2 Å². The smallest absolute Gasteiger partial charge is 0.314 e. The van der Waals surface area contributed by atoms with Gasteiger partial charge in [0.15, 0.2) is 0 Å². The molecular formula is C9H16O5. The van der Waals surface area contributed by atoms with Crippen molar-refractivity contribution in [3.05, 3.63) is 0 Å². The molecular weight excluding hydrogens is 188 g/mol. The maximum absolute atomic E-state index is 11.2. The molecule has 0 aliphatic heterocycles. The van der Waals surface area contributed by atoms with Crippen LogP contribution >= 0.6 is 0 Å². The Morgan fingerprint density at radius 1 is 1.21 bits per heavy atom. The molecule has 5 nitrogen and oxygen atoms in total. The number of carbonyl (C=O) groups excluding carboxylic acids is 2. The predicted molar refractivity (Wildman–Crippen MR) is 48.4 cm³/mol. The summed E-state index contributed by atoms with van der Waals surface area (Å²) in [4.78, 5) is 21.7. The second kappa shape index (κ2) is 6.37. The summed E-state index contributed by atoms with van der Waals surface area (Å²) in [5.74, 6) is -1.29. The third-order valence-electron chi connectivity index (χ3n) is 1.43. The highest BCUT2D eigenvalue weighted by Crippen LogP contribution is 2.03. The van der Waals surface area contributed by atoms with Crippen molar-refractivity contribution in [2.75, 3.05) is 13.7 Å². The normalized spacial score (nSPS) is 14.3. The van der Waals surface area contributed by atoms with Crippen molar-refractivity contribution in [1.29, 1.82) is 0 Å². The second-order valence-corrected chi connectivity index (χ2v) is 2.97. The van der Waals surface area contributed by atoms with E-state index in [2.05, 4.69) is 4.74 Å². The number of esters is 2. The van der Waals surface area contributed by atoms with Gasteiger partial charge in [-0.2, -0.15) is 0 Å².